The fourth-order valence-electron chi connectivity index (χ4n) is 5.36. The molecule has 2 N–H and O–H groups in total. The normalized spacial score (nSPS) is 21.1. The molecule has 4 rings (SSSR count). The Morgan fingerprint density at radius 3 is 2.62 bits per heavy atom. The largest absolute Gasteiger partial charge is 0.490 e. The summed E-state index contributed by atoms with van der Waals surface area (Å²) in [5.74, 6) is -0.0941. The van der Waals surface area contributed by atoms with Crippen LogP contribution in [-0.4, -0.2) is 95.4 Å². The molecule has 3 heterocycles. The summed E-state index contributed by atoms with van der Waals surface area (Å²) in [4.78, 5) is 26.2. The van der Waals surface area contributed by atoms with Crippen molar-refractivity contribution in [2.45, 2.75) is 69.9 Å². The smallest absolute Gasteiger partial charge is 0.280 e. The molecule has 2 aromatic heterocycles. The molecule has 4 atom stereocenters. The van der Waals surface area contributed by atoms with E-state index in [1.54, 1.807) is 48.0 Å². The summed E-state index contributed by atoms with van der Waals surface area (Å²) in [5.41, 5.74) is 1.56. The van der Waals surface area contributed by atoms with Crippen LogP contribution in [0.25, 0.3) is 0 Å². The molecular formula is C32H46N6O6S. The van der Waals surface area contributed by atoms with Gasteiger partial charge in [0, 0.05) is 63.5 Å². The summed E-state index contributed by atoms with van der Waals surface area (Å²) in [6.45, 7) is 7.82. The number of anilines is 1. The average molecular weight is 643 g/mol. The molecule has 0 aliphatic carbocycles. The van der Waals surface area contributed by atoms with E-state index in [1.165, 1.54) is 18.6 Å². The number of nitrogens with one attached hydrogen (secondary N) is 1. The van der Waals surface area contributed by atoms with Crippen molar-refractivity contribution in [3.05, 3.63) is 66.4 Å². The lowest BCUT2D eigenvalue weighted by Crippen LogP contribution is -2.47. The van der Waals surface area contributed by atoms with Crippen molar-refractivity contribution in [3.63, 3.8) is 0 Å². The minimum absolute atomic E-state index is 0.0834. The van der Waals surface area contributed by atoms with Crippen molar-refractivity contribution in [1.82, 2.24) is 24.3 Å². The highest BCUT2D eigenvalue weighted by Crippen LogP contribution is 2.29. The number of nitrogens with zero attached hydrogens (tertiary/aromatic N) is 5. The van der Waals surface area contributed by atoms with Gasteiger partial charge in [-0.1, -0.05) is 6.92 Å². The van der Waals surface area contributed by atoms with Crippen LogP contribution in [0.15, 0.2) is 60.3 Å². The highest BCUT2D eigenvalue weighted by Gasteiger charge is 2.31. The van der Waals surface area contributed by atoms with Gasteiger partial charge in [-0.15, -0.1) is 0 Å². The molecule has 0 unspecified atom stereocenters. The molecule has 12 nitrogen and oxygen atoms in total. The minimum Gasteiger partial charge on any atom is -0.490 e. The zero-order chi connectivity index (χ0) is 32.6. The molecule has 0 bridgehead atoms. The van der Waals surface area contributed by atoms with Crippen LogP contribution < -0.4 is 9.46 Å². The minimum atomic E-state index is -3.99. The summed E-state index contributed by atoms with van der Waals surface area (Å²) < 4.78 is 42.8. The fourth-order valence-corrected chi connectivity index (χ4v) is 6.39. The van der Waals surface area contributed by atoms with E-state index in [2.05, 4.69) is 26.5 Å². The van der Waals surface area contributed by atoms with Crippen LogP contribution in [0.2, 0.25) is 0 Å². The third-order valence-electron chi connectivity index (χ3n) is 7.95. The molecule has 13 heteroatoms. The number of aromatic nitrogens is 3. The van der Waals surface area contributed by atoms with Crippen molar-refractivity contribution < 1.29 is 27.8 Å². The van der Waals surface area contributed by atoms with Crippen LogP contribution in [0, 0.1) is 5.92 Å². The van der Waals surface area contributed by atoms with E-state index in [-0.39, 0.29) is 46.9 Å². The first-order valence-corrected chi connectivity index (χ1v) is 16.9. The Kier molecular flexibility index (Phi) is 12.0. The van der Waals surface area contributed by atoms with E-state index in [4.69, 9.17) is 9.47 Å². The number of sulfonamides is 1. The molecule has 3 aromatic rings. The highest BCUT2D eigenvalue weighted by molar-refractivity contribution is 7.92. The van der Waals surface area contributed by atoms with Crippen molar-refractivity contribution in [2.24, 2.45) is 13.0 Å². The number of aliphatic hydroxyl groups is 1. The highest BCUT2D eigenvalue weighted by atomic mass is 32.2. The number of hydrogen-bond acceptors (Lipinski definition) is 9. The number of aliphatic hydroxyl groups excluding tert-OH is 1. The number of aryl methyl sites for hydroxylation is 1. The van der Waals surface area contributed by atoms with Gasteiger partial charge in [-0.25, -0.2) is 4.98 Å². The van der Waals surface area contributed by atoms with Crippen LogP contribution in [0.1, 0.15) is 56.0 Å². The predicted octanol–water partition coefficient (Wildman–Crippen LogP) is 3.54. The van der Waals surface area contributed by atoms with Gasteiger partial charge in [0.1, 0.15) is 5.75 Å². The van der Waals surface area contributed by atoms with E-state index >= 15 is 0 Å². The van der Waals surface area contributed by atoms with Crippen LogP contribution >= 0.6 is 0 Å². The molecule has 0 radical (unpaired) electrons. The molecule has 1 aliphatic rings. The second-order valence-electron chi connectivity index (χ2n) is 12.0. The maximum absolute atomic E-state index is 14.3. The molecule has 1 aliphatic heterocycles. The van der Waals surface area contributed by atoms with Crippen LogP contribution in [0.4, 0.5) is 5.69 Å². The number of hydrogen-bond donors (Lipinski definition) is 2. The van der Waals surface area contributed by atoms with Crippen LogP contribution in [0.5, 0.6) is 5.75 Å². The van der Waals surface area contributed by atoms with Gasteiger partial charge >= 0.3 is 0 Å². The Hall–Kier alpha value is -3.52. The molecule has 0 fully saturated rings. The molecule has 0 saturated carbocycles. The van der Waals surface area contributed by atoms with Crippen LogP contribution in [0.3, 0.4) is 0 Å². The average Bonchev–Trinajstić information content (AvgIpc) is 3.46. The van der Waals surface area contributed by atoms with Gasteiger partial charge in [0.15, 0.2) is 5.03 Å². The molecular weight excluding hydrogens is 596 g/mol. The van der Waals surface area contributed by atoms with E-state index < -0.39 is 16.1 Å². The lowest BCUT2D eigenvalue weighted by Gasteiger charge is -2.36. The number of carbonyl (C=O) groups excluding carboxylic acids is 1. The van der Waals surface area contributed by atoms with E-state index in [0.29, 0.717) is 25.4 Å². The van der Waals surface area contributed by atoms with Gasteiger partial charge in [-0.2, -0.15) is 8.42 Å². The molecule has 45 heavy (non-hydrogen) atoms. The summed E-state index contributed by atoms with van der Waals surface area (Å²) in [5, 5.41) is 10.1. The number of benzene rings is 1. The Balaban J connectivity index is 1.64. The quantitative estimate of drug-likeness (QED) is 0.359. The lowest BCUT2D eigenvalue weighted by molar-refractivity contribution is -0.0177. The zero-order valence-corrected chi connectivity index (χ0v) is 27.6. The Bertz CT molecular complexity index is 1500. The molecule has 246 valence electrons. The number of ether oxygens (including phenoxy) is 2. The molecule has 1 amide bonds. The van der Waals surface area contributed by atoms with E-state index in [0.717, 1.165) is 31.4 Å². The van der Waals surface area contributed by atoms with Gasteiger partial charge in [-0.3, -0.25) is 19.4 Å². The van der Waals surface area contributed by atoms with Gasteiger partial charge in [0.2, 0.25) is 0 Å². The number of carbonyl (C=O) groups is 1. The Morgan fingerprint density at radius 2 is 1.93 bits per heavy atom. The number of likely N-dealkylation sites (N-methyl/N-ethyl adjacent to an activating group) is 1. The second kappa shape index (κ2) is 15.7. The van der Waals surface area contributed by atoms with Crippen molar-refractivity contribution >= 4 is 21.6 Å². The van der Waals surface area contributed by atoms with Gasteiger partial charge in [0.05, 0.1) is 36.7 Å². The number of rotatable bonds is 9. The zero-order valence-electron chi connectivity index (χ0n) is 26.8. The Labute approximate surface area is 266 Å². The first-order chi connectivity index (χ1) is 21.5. The topological polar surface area (TPSA) is 139 Å². The number of pyridine rings is 1. The summed E-state index contributed by atoms with van der Waals surface area (Å²) in [6, 6.07) is 8.16. The lowest BCUT2D eigenvalue weighted by atomic mass is 10.0. The number of amides is 1. The standard InChI is InChI=1S/C32H46N6O6S/c1-23-17-38(24(2)21-39)32(40)28-16-27(35-45(41,42)31-20-37(5)22-34-31)9-10-29(28)44-25(3)8-6-7-15-43-30(23)19-36(4)18-26-11-13-33-14-12-26/h9-14,16,20,22-25,30,35,39H,6-8,15,17-19,21H2,1-5H3/t23-,24-,25+,30-/m0/s1. The second-order valence-corrected chi connectivity index (χ2v) is 13.7. The van der Waals surface area contributed by atoms with Crippen LogP contribution in [-0.2, 0) is 28.4 Å². The molecule has 0 saturated heterocycles. The van der Waals surface area contributed by atoms with Crippen molar-refractivity contribution in [3.8, 4) is 5.75 Å². The SMILES string of the molecule is C[C@@H]1CCCCO[C@@H](CN(C)Cc2ccncc2)[C@@H](C)CN([C@@H](C)CO)C(=O)c2cc(NS(=O)(=O)c3cn(C)cn3)ccc2O1. The first kappa shape index (κ1) is 34.4. The summed E-state index contributed by atoms with van der Waals surface area (Å²) in [7, 11) is -0.266. The number of imidazole rings is 1. The van der Waals surface area contributed by atoms with Crippen molar-refractivity contribution in [1.29, 1.82) is 0 Å². The van der Waals surface area contributed by atoms with Gasteiger partial charge in [0.25, 0.3) is 15.9 Å². The molecule has 0 spiro atoms. The van der Waals surface area contributed by atoms with E-state index in [9.17, 15) is 18.3 Å². The maximum Gasteiger partial charge on any atom is 0.280 e. The van der Waals surface area contributed by atoms with E-state index in [1.807, 2.05) is 26.1 Å². The third-order valence-corrected chi connectivity index (χ3v) is 9.22. The summed E-state index contributed by atoms with van der Waals surface area (Å²) in [6.07, 6.45) is 8.49. The van der Waals surface area contributed by atoms with Gasteiger partial charge < -0.3 is 24.0 Å². The fraction of sp³-hybridized carbons (Fsp3) is 0.531. The van der Waals surface area contributed by atoms with Gasteiger partial charge in [-0.05, 0) is 76.1 Å². The third kappa shape index (κ3) is 9.49. The summed E-state index contributed by atoms with van der Waals surface area (Å²) >= 11 is 0. The predicted molar refractivity (Wildman–Crippen MR) is 171 cm³/mol. The Morgan fingerprint density at radius 1 is 1.18 bits per heavy atom. The maximum atomic E-state index is 14.3. The first-order valence-electron chi connectivity index (χ1n) is 15.4. The van der Waals surface area contributed by atoms with Crippen molar-refractivity contribution in [2.75, 3.05) is 38.1 Å². The monoisotopic (exact) mass is 642 g/mol. The number of fused-ring (bicyclic) bond motifs is 1. The molecule has 1 aromatic carbocycles.